The van der Waals surface area contributed by atoms with Gasteiger partial charge < -0.3 is 15.4 Å². The summed E-state index contributed by atoms with van der Waals surface area (Å²) in [4.78, 5) is 12.2. The number of halogens is 1. The van der Waals surface area contributed by atoms with Gasteiger partial charge in [0.15, 0.2) is 11.8 Å². The number of aromatic nitrogens is 3. The van der Waals surface area contributed by atoms with Crippen molar-refractivity contribution in [2.24, 2.45) is 4.99 Å². The molecule has 0 spiro atoms. The Bertz CT molecular complexity index is 873. The molecule has 33 heavy (non-hydrogen) atoms. The first-order chi connectivity index (χ1) is 15.7. The normalized spacial score (nSPS) is 21.2. The van der Waals surface area contributed by atoms with Crippen LogP contribution in [0.25, 0.3) is 0 Å². The largest absolute Gasteiger partial charge is 0.377 e. The molecule has 0 saturated carbocycles. The maximum Gasteiger partial charge on any atom is 0.191 e. The van der Waals surface area contributed by atoms with Gasteiger partial charge in [-0.05, 0) is 38.3 Å². The van der Waals surface area contributed by atoms with Gasteiger partial charge in [0.2, 0.25) is 0 Å². The molecule has 0 bridgehead atoms. The lowest BCUT2D eigenvalue weighted by Crippen LogP contribution is -2.48. The summed E-state index contributed by atoms with van der Waals surface area (Å²) in [7, 11) is 1.68. The predicted molar refractivity (Wildman–Crippen MR) is 142 cm³/mol. The van der Waals surface area contributed by atoms with E-state index in [4.69, 9.17) is 9.73 Å². The van der Waals surface area contributed by atoms with E-state index in [1.54, 1.807) is 7.11 Å². The van der Waals surface area contributed by atoms with Crippen molar-refractivity contribution in [2.75, 3.05) is 26.7 Å². The molecule has 1 aromatic carbocycles. The van der Waals surface area contributed by atoms with E-state index in [9.17, 15) is 0 Å². The number of ether oxygens (including phenoxy) is 1. The number of piperidine rings is 1. The van der Waals surface area contributed by atoms with Crippen molar-refractivity contribution in [1.29, 1.82) is 0 Å². The second-order valence-corrected chi connectivity index (χ2v) is 8.76. The molecule has 0 amide bonds. The number of aryl methyl sites for hydroxylation is 1. The molecular formula is C24H38IN7O. The number of methoxy groups -OCH3 is 1. The van der Waals surface area contributed by atoms with Gasteiger partial charge in [-0.25, -0.2) is 9.67 Å². The number of aliphatic imine (C=N–C) groups is 1. The van der Waals surface area contributed by atoms with E-state index >= 15 is 0 Å². The van der Waals surface area contributed by atoms with Crippen LogP contribution in [0, 0.1) is 0 Å². The van der Waals surface area contributed by atoms with Crippen LogP contribution in [0.15, 0.2) is 35.3 Å². The summed E-state index contributed by atoms with van der Waals surface area (Å²) in [5.41, 5.74) is 1.38. The second kappa shape index (κ2) is 13.2. The Morgan fingerprint density at radius 2 is 2.06 bits per heavy atom. The van der Waals surface area contributed by atoms with Crippen LogP contribution in [-0.2, 0) is 30.9 Å². The Morgan fingerprint density at radius 3 is 2.85 bits per heavy atom. The van der Waals surface area contributed by atoms with Crippen LogP contribution in [0.1, 0.15) is 49.8 Å². The highest BCUT2D eigenvalue weighted by molar-refractivity contribution is 14.0. The molecule has 9 heteroatoms. The molecule has 2 N–H and O–H groups in total. The second-order valence-electron chi connectivity index (χ2n) is 8.76. The van der Waals surface area contributed by atoms with E-state index in [0.717, 1.165) is 63.2 Å². The molecule has 1 aromatic heterocycles. The van der Waals surface area contributed by atoms with E-state index in [1.807, 2.05) is 4.68 Å². The minimum absolute atomic E-state index is 0. The van der Waals surface area contributed by atoms with Crippen molar-refractivity contribution in [3.63, 3.8) is 0 Å². The molecule has 2 aliphatic rings. The fourth-order valence-corrected chi connectivity index (χ4v) is 4.67. The number of fused-ring (bicyclic) bond motifs is 1. The van der Waals surface area contributed by atoms with E-state index in [2.05, 4.69) is 62.9 Å². The van der Waals surface area contributed by atoms with Gasteiger partial charge in [-0.3, -0.25) is 9.89 Å². The van der Waals surface area contributed by atoms with Crippen molar-refractivity contribution in [3.05, 3.63) is 47.5 Å². The first-order valence-electron chi connectivity index (χ1n) is 12.0. The van der Waals surface area contributed by atoms with Crippen LogP contribution < -0.4 is 10.6 Å². The minimum atomic E-state index is 0. The van der Waals surface area contributed by atoms with Gasteiger partial charge in [0.1, 0.15) is 12.4 Å². The number of nitrogens with one attached hydrogen (secondary N) is 2. The summed E-state index contributed by atoms with van der Waals surface area (Å²) in [6, 6.07) is 11.6. The topological polar surface area (TPSA) is 79.6 Å². The van der Waals surface area contributed by atoms with Gasteiger partial charge >= 0.3 is 0 Å². The first-order valence-corrected chi connectivity index (χ1v) is 12.0. The first kappa shape index (κ1) is 25.9. The SMILES string of the molecule is CCNC(=NCC1CCCCN1Cc1ccccc1)NC1CCc2nc(COC)nn2C1.I. The Labute approximate surface area is 214 Å². The van der Waals surface area contributed by atoms with E-state index in [0.29, 0.717) is 18.7 Å². The van der Waals surface area contributed by atoms with E-state index < -0.39 is 0 Å². The maximum atomic E-state index is 5.18. The number of guanidine groups is 1. The molecule has 0 aliphatic carbocycles. The Kier molecular flexibility index (Phi) is 10.4. The Hall–Kier alpha value is -1.72. The van der Waals surface area contributed by atoms with Gasteiger partial charge in [-0.15, -0.1) is 24.0 Å². The third-order valence-corrected chi connectivity index (χ3v) is 6.30. The Balaban J connectivity index is 0.00000306. The summed E-state index contributed by atoms with van der Waals surface area (Å²) in [6.07, 6.45) is 5.72. The van der Waals surface area contributed by atoms with Crippen molar-refractivity contribution >= 4 is 29.9 Å². The minimum Gasteiger partial charge on any atom is -0.377 e. The number of nitrogens with zero attached hydrogens (tertiary/aromatic N) is 5. The lowest BCUT2D eigenvalue weighted by Gasteiger charge is -2.35. The van der Waals surface area contributed by atoms with E-state index in [-0.39, 0.29) is 24.0 Å². The molecule has 1 fully saturated rings. The highest BCUT2D eigenvalue weighted by Crippen LogP contribution is 2.20. The third-order valence-electron chi connectivity index (χ3n) is 6.30. The molecule has 3 heterocycles. The summed E-state index contributed by atoms with van der Waals surface area (Å²) >= 11 is 0. The Morgan fingerprint density at radius 1 is 1.21 bits per heavy atom. The number of hydrogen-bond donors (Lipinski definition) is 2. The summed E-state index contributed by atoms with van der Waals surface area (Å²) in [5, 5.41) is 11.7. The lowest BCUT2D eigenvalue weighted by molar-refractivity contribution is 0.145. The fraction of sp³-hybridized carbons (Fsp3) is 0.625. The van der Waals surface area contributed by atoms with Gasteiger partial charge in [0.25, 0.3) is 0 Å². The van der Waals surface area contributed by atoms with Gasteiger partial charge in [-0.1, -0.05) is 36.8 Å². The molecule has 8 nitrogen and oxygen atoms in total. The van der Waals surface area contributed by atoms with Crippen LogP contribution in [-0.4, -0.2) is 64.5 Å². The molecule has 2 aliphatic heterocycles. The molecular weight excluding hydrogens is 529 g/mol. The lowest BCUT2D eigenvalue weighted by atomic mass is 10.0. The average Bonchev–Trinajstić information content (AvgIpc) is 3.21. The molecule has 0 radical (unpaired) electrons. The summed E-state index contributed by atoms with van der Waals surface area (Å²) in [6.45, 7) is 7.22. The van der Waals surface area contributed by atoms with Crippen molar-refractivity contribution in [3.8, 4) is 0 Å². The zero-order valence-electron chi connectivity index (χ0n) is 19.9. The quantitative estimate of drug-likeness (QED) is 0.290. The van der Waals surface area contributed by atoms with Crippen molar-refractivity contribution in [2.45, 2.75) is 70.8 Å². The number of rotatable bonds is 8. The number of benzene rings is 1. The van der Waals surface area contributed by atoms with E-state index in [1.165, 1.54) is 24.8 Å². The maximum absolute atomic E-state index is 5.18. The molecule has 1 saturated heterocycles. The zero-order chi connectivity index (χ0) is 22.2. The van der Waals surface area contributed by atoms with Crippen LogP contribution in [0.2, 0.25) is 0 Å². The fourth-order valence-electron chi connectivity index (χ4n) is 4.67. The monoisotopic (exact) mass is 567 g/mol. The molecule has 2 unspecified atom stereocenters. The van der Waals surface area contributed by atoms with Crippen LogP contribution in [0.5, 0.6) is 0 Å². The third kappa shape index (κ3) is 7.38. The molecule has 2 aromatic rings. The van der Waals surface area contributed by atoms with Crippen LogP contribution in [0.4, 0.5) is 0 Å². The van der Waals surface area contributed by atoms with Crippen LogP contribution in [0.3, 0.4) is 0 Å². The number of likely N-dealkylation sites (tertiary alicyclic amines) is 1. The highest BCUT2D eigenvalue weighted by atomic mass is 127. The number of hydrogen-bond acceptors (Lipinski definition) is 5. The summed E-state index contributed by atoms with van der Waals surface area (Å²) in [5.74, 6) is 2.72. The predicted octanol–water partition coefficient (Wildman–Crippen LogP) is 2.97. The standard InChI is InChI=1S/C24H37N7O.HI/c1-3-25-24(27-20-12-13-23-28-22(18-32-2)29-31(23)17-20)26-15-21-11-7-8-14-30(21)16-19-9-5-4-6-10-19;/h4-6,9-10,20-21H,3,7-8,11-18H2,1-2H3,(H2,25,26,27);1H. The van der Waals surface area contributed by atoms with Crippen LogP contribution >= 0.6 is 24.0 Å². The van der Waals surface area contributed by atoms with Crippen molar-refractivity contribution < 1.29 is 4.74 Å². The van der Waals surface area contributed by atoms with Gasteiger partial charge in [-0.2, -0.15) is 5.10 Å². The van der Waals surface area contributed by atoms with Crippen molar-refractivity contribution in [1.82, 2.24) is 30.3 Å². The van der Waals surface area contributed by atoms with Gasteiger partial charge in [0, 0.05) is 38.7 Å². The molecule has 2 atom stereocenters. The molecule has 182 valence electrons. The average molecular weight is 568 g/mol. The highest BCUT2D eigenvalue weighted by Gasteiger charge is 2.24. The van der Waals surface area contributed by atoms with Gasteiger partial charge in [0.05, 0.1) is 13.1 Å². The molecule has 4 rings (SSSR count). The summed E-state index contributed by atoms with van der Waals surface area (Å²) < 4.78 is 7.19. The zero-order valence-corrected chi connectivity index (χ0v) is 22.2. The smallest absolute Gasteiger partial charge is 0.191 e.